The van der Waals surface area contributed by atoms with Crippen molar-refractivity contribution in [1.82, 2.24) is 5.32 Å². The first-order valence-corrected chi connectivity index (χ1v) is 6.92. The van der Waals surface area contributed by atoms with Gasteiger partial charge in [-0.25, -0.2) is 0 Å². The number of benzene rings is 1. The molecule has 0 aliphatic carbocycles. The topological polar surface area (TPSA) is 35.5 Å². The van der Waals surface area contributed by atoms with Crippen LogP contribution in [0.4, 0.5) is 5.69 Å². The maximum atomic E-state index is 9.26. The second-order valence-corrected chi connectivity index (χ2v) is 5.09. The molecule has 2 unspecified atom stereocenters. The van der Waals surface area contributed by atoms with Crippen molar-refractivity contribution in [2.45, 2.75) is 25.8 Å². The zero-order valence-electron chi connectivity index (χ0n) is 11.4. The van der Waals surface area contributed by atoms with Gasteiger partial charge in [0.05, 0.1) is 0 Å². The van der Waals surface area contributed by atoms with Crippen molar-refractivity contribution in [2.24, 2.45) is 5.92 Å². The quantitative estimate of drug-likeness (QED) is 0.838. The minimum Gasteiger partial charge on any atom is -0.396 e. The molecule has 0 radical (unpaired) electrons. The number of nitrogens with one attached hydrogen (secondary N) is 1. The molecule has 3 heteroatoms. The highest BCUT2D eigenvalue weighted by molar-refractivity contribution is 5.55. The zero-order chi connectivity index (χ0) is 13.0. The molecule has 1 aromatic carbocycles. The molecule has 1 saturated heterocycles. The van der Waals surface area contributed by atoms with Gasteiger partial charge in [-0.05, 0) is 31.5 Å². The first kappa shape index (κ1) is 13.4. The largest absolute Gasteiger partial charge is 0.396 e. The minimum absolute atomic E-state index is 0.307. The lowest BCUT2D eigenvalue weighted by atomic mass is 10.0. The van der Waals surface area contributed by atoms with E-state index in [0.29, 0.717) is 18.6 Å². The standard InChI is InChI=1S/C15H24N2O/c1-3-14(16-2)13-6-4-5-7-15(13)17-9-8-12(10-17)11-18/h4-7,12,14,16,18H,3,8-11H2,1-2H3. The van der Waals surface area contributed by atoms with Crippen LogP contribution in [-0.2, 0) is 0 Å². The third-order valence-corrected chi connectivity index (χ3v) is 3.95. The number of anilines is 1. The molecule has 2 atom stereocenters. The van der Waals surface area contributed by atoms with Gasteiger partial charge in [-0.15, -0.1) is 0 Å². The fourth-order valence-electron chi connectivity index (χ4n) is 2.85. The summed E-state index contributed by atoms with van der Waals surface area (Å²) in [4.78, 5) is 2.41. The van der Waals surface area contributed by atoms with Gasteiger partial charge in [0.25, 0.3) is 0 Å². The number of hydrogen-bond donors (Lipinski definition) is 2. The van der Waals surface area contributed by atoms with Crippen LogP contribution in [0.5, 0.6) is 0 Å². The SMILES string of the molecule is CCC(NC)c1ccccc1N1CCC(CO)C1. The number of aliphatic hydroxyl groups is 1. The second-order valence-electron chi connectivity index (χ2n) is 5.09. The fraction of sp³-hybridized carbons (Fsp3) is 0.600. The number of aliphatic hydroxyl groups excluding tert-OH is 1. The van der Waals surface area contributed by atoms with Crippen molar-refractivity contribution in [3.63, 3.8) is 0 Å². The molecule has 1 aliphatic rings. The van der Waals surface area contributed by atoms with Gasteiger partial charge in [0, 0.05) is 37.3 Å². The first-order chi connectivity index (χ1) is 8.80. The lowest BCUT2D eigenvalue weighted by Crippen LogP contribution is -2.24. The predicted molar refractivity (Wildman–Crippen MR) is 75.9 cm³/mol. The number of nitrogens with zero attached hydrogens (tertiary/aromatic N) is 1. The normalized spacial score (nSPS) is 21.3. The monoisotopic (exact) mass is 248 g/mol. The summed E-state index contributed by atoms with van der Waals surface area (Å²) in [5.41, 5.74) is 2.70. The van der Waals surface area contributed by atoms with Crippen LogP contribution in [-0.4, -0.2) is 31.9 Å². The predicted octanol–water partition coefficient (Wildman–Crippen LogP) is 2.18. The molecular weight excluding hydrogens is 224 g/mol. The van der Waals surface area contributed by atoms with Crippen molar-refractivity contribution >= 4 is 5.69 Å². The molecule has 2 rings (SSSR count). The van der Waals surface area contributed by atoms with E-state index < -0.39 is 0 Å². The smallest absolute Gasteiger partial charge is 0.0476 e. The molecule has 18 heavy (non-hydrogen) atoms. The summed E-state index contributed by atoms with van der Waals surface area (Å²) in [6, 6.07) is 9.04. The zero-order valence-corrected chi connectivity index (χ0v) is 11.4. The van der Waals surface area contributed by atoms with Gasteiger partial charge < -0.3 is 15.3 Å². The second kappa shape index (κ2) is 6.21. The Bertz CT molecular complexity index is 377. The molecule has 3 nitrogen and oxygen atoms in total. The third-order valence-electron chi connectivity index (χ3n) is 3.95. The third kappa shape index (κ3) is 2.68. The van der Waals surface area contributed by atoms with Crippen molar-refractivity contribution in [3.8, 4) is 0 Å². The number of para-hydroxylation sites is 1. The molecular formula is C15H24N2O. The Labute approximate surface area is 110 Å². The Balaban J connectivity index is 2.22. The Morgan fingerprint density at radius 2 is 2.22 bits per heavy atom. The van der Waals surface area contributed by atoms with Gasteiger partial charge in [-0.3, -0.25) is 0 Å². The van der Waals surface area contributed by atoms with E-state index >= 15 is 0 Å². The van der Waals surface area contributed by atoms with Crippen molar-refractivity contribution in [3.05, 3.63) is 29.8 Å². The van der Waals surface area contributed by atoms with Crippen molar-refractivity contribution < 1.29 is 5.11 Å². The van der Waals surface area contributed by atoms with Crippen LogP contribution in [0.2, 0.25) is 0 Å². The highest BCUT2D eigenvalue weighted by atomic mass is 16.3. The summed E-state index contributed by atoms with van der Waals surface area (Å²) < 4.78 is 0. The van der Waals surface area contributed by atoms with Crippen LogP contribution in [0.3, 0.4) is 0 Å². The maximum absolute atomic E-state index is 9.26. The van der Waals surface area contributed by atoms with E-state index in [-0.39, 0.29) is 0 Å². The fourth-order valence-corrected chi connectivity index (χ4v) is 2.85. The molecule has 1 heterocycles. The molecule has 1 fully saturated rings. The lowest BCUT2D eigenvalue weighted by Gasteiger charge is -2.26. The number of hydrogen-bond acceptors (Lipinski definition) is 3. The van der Waals surface area contributed by atoms with Gasteiger partial charge in [0.2, 0.25) is 0 Å². The van der Waals surface area contributed by atoms with E-state index in [0.717, 1.165) is 25.9 Å². The summed E-state index contributed by atoms with van der Waals surface area (Å²) in [7, 11) is 2.02. The van der Waals surface area contributed by atoms with Crippen molar-refractivity contribution in [2.75, 3.05) is 31.6 Å². The van der Waals surface area contributed by atoms with Gasteiger partial charge in [0.1, 0.15) is 0 Å². The minimum atomic E-state index is 0.307. The van der Waals surface area contributed by atoms with Gasteiger partial charge >= 0.3 is 0 Å². The molecule has 100 valence electrons. The van der Waals surface area contributed by atoms with Crippen LogP contribution in [0.15, 0.2) is 24.3 Å². The summed E-state index contributed by atoms with van der Waals surface area (Å²) in [5, 5.41) is 12.6. The van der Waals surface area contributed by atoms with E-state index in [2.05, 4.69) is 41.4 Å². The van der Waals surface area contributed by atoms with Gasteiger partial charge in [-0.1, -0.05) is 25.1 Å². The summed E-state index contributed by atoms with van der Waals surface area (Å²) in [6.45, 7) is 4.55. The van der Waals surface area contributed by atoms with E-state index in [1.807, 2.05) is 7.05 Å². The van der Waals surface area contributed by atoms with E-state index in [1.165, 1.54) is 11.3 Å². The maximum Gasteiger partial charge on any atom is 0.0476 e. The summed E-state index contributed by atoms with van der Waals surface area (Å²) >= 11 is 0. The van der Waals surface area contributed by atoms with Crippen LogP contribution in [0.1, 0.15) is 31.4 Å². The molecule has 2 N–H and O–H groups in total. The van der Waals surface area contributed by atoms with E-state index in [4.69, 9.17) is 0 Å². The van der Waals surface area contributed by atoms with Crippen LogP contribution in [0.25, 0.3) is 0 Å². The molecule has 0 spiro atoms. The Hall–Kier alpha value is -1.06. The molecule has 0 amide bonds. The highest BCUT2D eigenvalue weighted by Crippen LogP contribution is 2.31. The molecule has 0 saturated carbocycles. The Morgan fingerprint density at radius 1 is 1.44 bits per heavy atom. The average molecular weight is 248 g/mol. The van der Waals surface area contributed by atoms with Crippen LogP contribution >= 0.6 is 0 Å². The molecule has 0 bridgehead atoms. The molecule has 1 aromatic rings. The summed E-state index contributed by atoms with van der Waals surface area (Å²) in [6.07, 6.45) is 2.19. The van der Waals surface area contributed by atoms with Gasteiger partial charge in [0.15, 0.2) is 0 Å². The first-order valence-electron chi connectivity index (χ1n) is 6.92. The molecule has 1 aliphatic heterocycles. The van der Waals surface area contributed by atoms with Gasteiger partial charge in [-0.2, -0.15) is 0 Å². The van der Waals surface area contributed by atoms with Crippen molar-refractivity contribution in [1.29, 1.82) is 0 Å². The Morgan fingerprint density at radius 3 is 2.83 bits per heavy atom. The Kier molecular flexibility index (Phi) is 4.61. The van der Waals surface area contributed by atoms with E-state index in [9.17, 15) is 5.11 Å². The average Bonchev–Trinajstić information content (AvgIpc) is 2.89. The van der Waals surface area contributed by atoms with Crippen LogP contribution < -0.4 is 10.2 Å². The lowest BCUT2D eigenvalue weighted by molar-refractivity contribution is 0.238. The molecule has 0 aromatic heterocycles. The van der Waals surface area contributed by atoms with Crippen LogP contribution in [0, 0.1) is 5.92 Å². The highest BCUT2D eigenvalue weighted by Gasteiger charge is 2.24. The summed E-state index contributed by atoms with van der Waals surface area (Å²) in [5.74, 6) is 0.438. The number of rotatable bonds is 5. The van der Waals surface area contributed by atoms with E-state index in [1.54, 1.807) is 0 Å².